The summed E-state index contributed by atoms with van der Waals surface area (Å²) in [4.78, 5) is 28.2. The van der Waals surface area contributed by atoms with Crippen molar-refractivity contribution in [2.75, 3.05) is 6.61 Å². The van der Waals surface area contributed by atoms with Gasteiger partial charge in [-0.1, -0.05) is 19.1 Å². The first-order valence-electron chi connectivity index (χ1n) is 8.46. The molecule has 0 saturated heterocycles. The smallest absolute Gasteiger partial charge is 0.261 e. The molecule has 1 unspecified atom stereocenters. The Balaban J connectivity index is 1.62. The van der Waals surface area contributed by atoms with Crippen molar-refractivity contribution in [3.63, 3.8) is 0 Å². The van der Waals surface area contributed by atoms with Gasteiger partial charge in [0, 0.05) is 12.0 Å². The molecule has 0 amide bonds. The Morgan fingerprint density at radius 1 is 1.19 bits per heavy atom. The number of fused-ring (bicyclic) bond motifs is 1. The predicted molar refractivity (Wildman–Crippen MR) is 98.6 cm³/mol. The average molecular weight is 352 g/mol. The topological polar surface area (TPSA) is 81.4 Å². The second kappa shape index (κ2) is 7.93. The maximum atomic E-state index is 12.4. The number of rotatable bonds is 7. The molecule has 134 valence electrons. The third-order valence-corrected chi connectivity index (χ3v) is 4.08. The number of carbonyl (C=O) groups is 1. The fourth-order valence-electron chi connectivity index (χ4n) is 2.65. The molecule has 2 aromatic carbocycles. The van der Waals surface area contributed by atoms with Gasteiger partial charge in [0.05, 0.1) is 23.8 Å². The lowest BCUT2D eigenvalue weighted by molar-refractivity contribution is 0.0913. The van der Waals surface area contributed by atoms with Crippen LogP contribution in [0.1, 0.15) is 23.7 Å². The molecule has 0 bridgehead atoms. The van der Waals surface area contributed by atoms with Crippen LogP contribution in [0, 0.1) is 0 Å². The highest BCUT2D eigenvalue weighted by Gasteiger charge is 2.10. The van der Waals surface area contributed by atoms with Crippen LogP contribution in [-0.2, 0) is 6.54 Å². The maximum absolute atomic E-state index is 12.4. The Kier molecular flexibility index (Phi) is 5.43. The van der Waals surface area contributed by atoms with Crippen LogP contribution in [0.5, 0.6) is 5.75 Å². The molecule has 1 N–H and O–H groups in total. The second-order valence-corrected chi connectivity index (χ2v) is 5.99. The van der Waals surface area contributed by atoms with Gasteiger partial charge in [0.2, 0.25) is 0 Å². The molecule has 6 heteroatoms. The quantitative estimate of drug-likeness (QED) is 0.661. The Morgan fingerprint density at radius 2 is 1.92 bits per heavy atom. The van der Waals surface area contributed by atoms with Gasteiger partial charge in [0.25, 0.3) is 5.56 Å². The molecule has 1 atom stereocenters. The molecule has 0 fully saturated rings. The van der Waals surface area contributed by atoms with E-state index >= 15 is 0 Å². The van der Waals surface area contributed by atoms with Crippen LogP contribution in [0.3, 0.4) is 0 Å². The van der Waals surface area contributed by atoms with Crippen molar-refractivity contribution in [3.8, 4) is 5.75 Å². The highest BCUT2D eigenvalue weighted by atomic mass is 16.5. The van der Waals surface area contributed by atoms with Crippen molar-refractivity contribution in [1.82, 2.24) is 9.55 Å². The summed E-state index contributed by atoms with van der Waals surface area (Å²) in [7, 11) is 0. The molecular weight excluding hydrogens is 332 g/mol. The van der Waals surface area contributed by atoms with Crippen LogP contribution < -0.4 is 10.3 Å². The molecule has 26 heavy (non-hydrogen) atoms. The number of ether oxygens (including phenoxy) is 1. The molecule has 0 aliphatic rings. The summed E-state index contributed by atoms with van der Waals surface area (Å²) < 4.78 is 6.91. The van der Waals surface area contributed by atoms with Gasteiger partial charge in [-0.05, 0) is 36.4 Å². The summed E-state index contributed by atoms with van der Waals surface area (Å²) in [5.41, 5.74) is 1.06. The van der Waals surface area contributed by atoms with Gasteiger partial charge in [-0.25, -0.2) is 4.98 Å². The molecule has 0 aliphatic carbocycles. The van der Waals surface area contributed by atoms with Gasteiger partial charge in [-0.2, -0.15) is 0 Å². The largest absolute Gasteiger partial charge is 0.491 e. The molecular formula is C20H20N2O4. The van der Waals surface area contributed by atoms with Gasteiger partial charge in [-0.3, -0.25) is 14.2 Å². The van der Waals surface area contributed by atoms with Crippen molar-refractivity contribution in [1.29, 1.82) is 0 Å². The minimum atomic E-state index is -0.868. The van der Waals surface area contributed by atoms with Gasteiger partial charge >= 0.3 is 0 Å². The highest BCUT2D eigenvalue weighted by molar-refractivity contribution is 5.95. The third kappa shape index (κ3) is 3.97. The summed E-state index contributed by atoms with van der Waals surface area (Å²) in [6.45, 7) is 1.93. The van der Waals surface area contributed by atoms with E-state index in [-0.39, 0.29) is 24.5 Å². The van der Waals surface area contributed by atoms with Gasteiger partial charge in [0.15, 0.2) is 5.78 Å². The number of aliphatic hydroxyl groups excluding tert-OH is 1. The highest BCUT2D eigenvalue weighted by Crippen LogP contribution is 2.14. The van der Waals surface area contributed by atoms with E-state index in [1.807, 2.05) is 13.0 Å². The number of carbonyl (C=O) groups excluding carboxylic acids is 1. The Hall–Kier alpha value is -2.99. The lowest BCUT2D eigenvalue weighted by atomic mass is 10.1. The molecule has 0 aliphatic heterocycles. The van der Waals surface area contributed by atoms with Crippen LogP contribution in [0.25, 0.3) is 10.9 Å². The lowest BCUT2D eigenvalue weighted by Gasteiger charge is -2.14. The number of hydrogen-bond acceptors (Lipinski definition) is 5. The number of ketones is 1. The zero-order valence-corrected chi connectivity index (χ0v) is 14.5. The van der Waals surface area contributed by atoms with Gasteiger partial charge in [-0.15, -0.1) is 0 Å². The zero-order chi connectivity index (χ0) is 18.5. The maximum Gasteiger partial charge on any atom is 0.261 e. The van der Waals surface area contributed by atoms with Gasteiger partial charge < -0.3 is 9.84 Å². The van der Waals surface area contributed by atoms with Crippen LogP contribution in [0.15, 0.2) is 59.7 Å². The fourth-order valence-corrected chi connectivity index (χ4v) is 2.65. The number of Topliss-reactive ketones (excluding diaryl/α,β-unsaturated/α-hetero) is 1. The average Bonchev–Trinajstić information content (AvgIpc) is 2.68. The van der Waals surface area contributed by atoms with Crippen LogP contribution in [0.4, 0.5) is 0 Å². The summed E-state index contributed by atoms with van der Waals surface area (Å²) in [6, 6.07) is 13.9. The lowest BCUT2D eigenvalue weighted by Crippen LogP contribution is -2.30. The van der Waals surface area contributed by atoms with E-state index in [2.05, 4.69) is 4.98 Å². The minimum absolute atomic E-state index is 0.0281. The van der Waals surface area contributed by atoms with Gasteiger partial charge in [0.1, 0.15) is 18.5 Å². The fraction of sp³-hybridized carbons (Fsp3) is 0.250. The summed E-state index contributed by atoms with van der Waals surface area (Å²) >= 11 is 0. The van der Waals surface area contributed by atoms with Crippen LogP contribution in [0.2, 0.25) is 0 Å². The van der Waals surface area contributed by atoms with Crippen molar-refractivity contribution < 1.29 is 14.6 Å². The minimum Gasteiger partial charge on any atom is -0.491 e. The first-order chi connectivity index (χ1) is 12.6. The molecule has 0 radical (unpaired) electrons. The van der Waals surface area contributed by atoms with E-state index in [0.29, 0.717) is 28.6 Å². The van der Waals surface area contributed by atoms with E-state index < -0.39 is 6.10 Å². The van der Waals surface area contributed by atoms with E-state index in [4.69, 9.17) is 4.74 Å². The molecule has 1 aromatic heterocycles. The van der Waals surface area contributed by atoms with Crippen molar-refractivity contribution in [3.05, 3.63) is 70.8 Å². The molecule has 6 nitrogen and oxygen atoms in total. The Bertz CT molecular complexity index is 963. The van der Waals surface area contributed by atoms with Crippen molar-refractivity contribution in [2.24, 2.45) is 0 Å². The van der Waals surface area contributed by atoms with E-state index in [1.165, 1.54) is 10.9 Å². The number of hydrogen-bond donors (Lipinski definition) is 1. The molecule has 0 spiro atoms. The summed E-state index contributed by atoms with van der Waals surface area (Å²) in [5, 5.41) is 10.7. The van der Waals surface area contributed by atoms with Crippen LogP contribution >= 0.6 is 0 Å². The predicted octanol–water partition coefficient (Wildman–Crippen LogP) is 2.43. The third-order valence-electron chi connectivity index (χ3n) is 4.08. The van der Waals surface area contributed by atoms with E-state index in [1.54, 1.807) is 42.5 Å². The van der Waals surface area contributed by atoms with E-state index in [9.17, 15) is 14.7 Å². The zero-order valence-electron chi connectivity index (χ0n) is 14.5. The monoisotopic (exact) mass is 352 g/mol. The summed E-state index contributed by atoms with van der Waals surface area (Å²) in [5.74, 6) is 0.625. The normalized spacial score (nSPS) is 12.1. The molecule has 0 saturated carbocycles. The van der Waals surface area contributed by atoms with E-state index in [0.717, 1.165) is 0 Å². The van der Waals surface area contributed by atoms with Crippen molar-refractivity contribution >= 4 is 16.7 Å². The first-order valence-corrected chi connectivity index (χ1v) is 8.46. The number of nitrogens with zero attached hydrogens (tertiary/aromatic N) is 2. The second-order valence-electron chi connectivity index (χ2n) is 5.99. The SMILES string of the molecule is CCC(=O)c1ccc(OCC(O)Cn2cnc3ccccc3c2=O)cc1. The standard InChI is InChI=1S/C20H20N2O4/c1-2-19(24)14-7-9-16(10-8-14)26-12-15(23)11-22-13-21-18-6-4-3-5-17(18)20(22)25/h3-10,13,15,23H,2,11-12H2,1H3. The Morgan fingerprint density at radius 3 is 2.65 bits per heavy atom. The Labute approximate surface area is 150 Å². The first kappa shape index (κ1) is 17.8. The van der Waals surface area contributed by atoms with Crippen LogP contribution in [-0.4, -0.2) is 33.2 Å². The number of benzene rings is 2. The number of aromatic nitrogens is 2. The number of aliphatic hydroxyl groups is 1. The summed E-state index contributed by atoms with van der Waals surface area (Å²) in [6.07, 6.45) is 1.01. The molecule has 1 heterocycles. The molecule has 3 aromatic rings. The van der Waals surface area contributed by atoms with Crippen molar-refractivity contribution in [2.45, 2.75) is 26.0 Å². The molecule has 3 rings (SSSR count). The number of para-hydroxylation sites is 1.